The maximum atomic E-state index is 12.2. The van der Waals surface area contributed by atoms with Gasteiger partial charge in [-0.1, -0.05) is 13.8 Å². The molecule has 1 aliphatic rings. The predicted molar refractivity (Wildman–Crippen MR) is 70.8 cm³/mol. The average molecular weight is 244 g/mol. The highest BCUT2D eigenvalue weighted by atomic mass is 32.2. The van der Waals surface area contributed by atoms with Crippen LogP contribution in [0.1, 0.15) is 26.7 Å². The molecule has 16 heavy (non-hydrogen) atoms. The molecule has 0 aromatic carbocycles. The molecule has 0 saturated carbocycles. The van der Waals surface area contributed by atoms with Crippen molar-refractivity contribution in [3.8, 4) is 0 Å². The number of thioether (sulfide) groups is 1. The maximum absolute atomic E-state index is 12.2. The Morgan fingerprint density at radius 1 is 1.56 bits per heavy atom. The number of hydrogen-bond donors (Lipinski definition) is 2. The topological polar surface area (TPSA) is 41.1 Å². The van der Waals surface area contributed by atoms with Crippen LogP contribution in [-0.4, -0.2) is 37.6 Å². The summed E-state index contributed by atoms with van der Waals surface area (Å²) in [7, 11) is 0. The Hall–Kier alpha value is -0.220. The third-order valence-electron chi connectivity index (χ3n) is 3.56. The van der Waals surface area contributed by atoms with Gasteiger partial charge in [-0.25, -0.2) is 0 Å². The van der Waals surface area contributed by atoms with E-state index in [-0.39, 0.29) is 11.3 Å². The van der Waals surface area contributed by atoms with Gasteiger partial charge in [-0.2, -0.15) is 11.8 Å². The summed E-state index contributed by atoms with van der Waals surface area (Å²) in [6.45, 7) is 6.91. The monoisotopic (exact) mass is 244 g/mol. The first-order valence-corrected chi connectivity index (χ1v) is 7.51. The molecule has 1 atom stereocenters. The molecule has 0 bridgehead atoms. The van der Waals surface area contributed by atoms with Crippen LogP contribution in [0.4, 0.5) is 0 Å². The van der Waals surface area contributed by atoms with E-state index in [4.69, 9.17) is 0 Å². The summed E-state index contributed by atoms with van der Waals surface area (Å²) >= 11 is 1.83. The van der Waals surface area contributed by atoms with Crippen molar-refractivity contribution in [3.63, 3.8) is 0 Å². The Morgan fingerprint density at radius 3 is 2.81 bits per heavy atom. The first kappa shape index (κ1) is 13.8. The first-order valence-electron chi connectivity index (χ1n) is 6.11. The Morgan fingerprint density at radius 2 is 2.31 bits per heavy atom. The molecule has 1 fully saturated rings. The van der Waals surface area contributed by atoms with Crippen molar-refractivity contribution in [1.82, 2.24) is 10.6 Å². The zero-order valence-corrected chi connectivity index (χ0v) is 11.5. The van der Waals surface area contributed by atoms with Crippen molar-refractivity contribution in [2.75, 3.05) is 31.6 Å². The van der Waals surface area contributed by atoms with Gasteiger partial charge in [-0.15, -0.1) is 0 Å². The van der Waals surface area contributed by atoms with Crippen molar-refractivity contribution >= 4 is 17.7 Å². The minimum atomic E-state index is -0.167. The molecule has 1 unspecified atom stereocenters. The molecule has 3 nitrogen and oxygen atoms in total. The fourth-order valence-corrected chi connectivity index (χ4v) is 2.69. The molecule has 1 heterocycles. The van der Waals surface area contributed by atoms with Gasteiger partial charge < -0.3 is 10.6 Å². The summed E-state index contributed by atoms with van der Waals surface area (Å²) < 4.78 is 0. The quantitative estimate of drug-likeness (QED) is 0.696. The molecule has 1 aliphatic heterocycles. The molecule has 0 aromatic rings. The van der Waals surface area contributed by atoms with Gasteiger partial charge in [0.2, 0.25) is 5.91 Å². The zero-order chi connectivity index (χ0) is 12.0. The zero-order valence-electron chi connectivity index (χ0n) is 10.6. The van der Waals surface area contributed by atoms with Gasteiger partial charge in [0.1, 0.15) is 0 Å². The number of carbonyl (C=O) groups excluding carboxylic acids is 1. The van der Waals surface area contributed by atoms with Gasteiger partial charge in [0.25, 0.3) is 0 Å². The highest BCUT2D eigenvalue weighted by molar-refractivity contribution is 7.98. The molecule has 4 heteroatoms. The molecule has 1 amide bonds. The molecule has 0 aromatic heterocycles. The Kier molecular flexibility index (Phi) is 5.62. The van der Waals surface area contributed by atoms with Gasteiger partial charge >= 0.3 is 0 Å². The average Bonchev–Trinajstić information content (AvgIpc) is 2.74. The molecule has 2 N–H and O–H groups in total. The van der Waals surface area contributed by atoms with Gasteiger partial charge in [-0.05, 0) is 37.3 Å². The van der Waals surface area contributed by atoms with Crippen LogP contribution in [0.25, 0.3) is 0 Å². The molecular weight excluding hydrogens is 220 g/mol. The van der Waals surface area contributed by atoms with Crippen LogP contribution >= 0.6 is 11.8 Å². The third-order valence-corrected chi connectivity index (χ3v) is 4.25. The lowest BCUT2D eigenvalue weighted by atomic mass is 9.75. The SMILES string of the molecule is CSCCCNC(=O)C1(C(C)C)CCNC1. The van der Waals surface area contributed by atoms with E-state index in [2.05, 4.69) is 30.7 Å². The van der Waals surface area contributed by atoms with E-state index in [0.717, 1.165) is 38.2 Å². The number of carbonyl (C=O) groups is 1. The Labute approximate surface area is 103 Å². The summed E-state index contributed by atoms with van der Waals surface area (Å²) in [6.07, 6.45) is 4.13. The summed E-state index contributed by atoms with van der Waals surface area (Å²) in [5.74, 6) is 1.77. The number of nitrogens with one attached hydrogen (secondary N) is 2. The lowest BCUT2D eigenvalue weighted by Crippen LogP contribution is -2.46. The number of hydrogen-bond acceptors (Lipinski definition) is 3. The van der Waals surface area contributed by atoms with E-state index < -0.39 is 0 Å². The molecule has 1 rings (SSSR count). The molecule has 0 radical (unpaired) electrons. The number of amides is 1. The summed E-state index contributed by atoms with van der Waals surface area (Å²) in [5.41, 5.74) is -0.167. The van der Waals surface area contributed by atoms with Crippen LogP contribution in [0.5, 0.6) is 0 Å². The van der Waals surface area contributed by atoms with Gasteiger partial charge in [0.05, 0.1) is 5.41 Å². The second-order valence-corrected chi connectivity index (χ2v) is 5.83. The van der Waals surface area contributed by atoms with E-state index in [1.807, 2.05) is 11.8 Å². The minimum Gasteiger partial charge on any atom is -0.356 e. The summed E-state index contributed by atoms with van der Waals surface area (Å²) in [5, 5.41) is 6.40. The highest BCUT2D eigenvalue weighted by Gasteiger charge is 2.43. The van der Waals surface area contributed by atoms with Crippen LogP contribution in [-0.2, 0) is 4.79 Å². The Balaban J connectivity index is 2.43. The van der Waals surface area contributed by atoms with E-state index in [1.165, 1.54) is 0 Å². The highest BCUT2D eigenvalue weighted by Crippen LogP contribution is 2.34. The second-order valence-electron chi connectivity index (χ2n) is 4.84. The van der Waals surface area contributed by atoms with E-state index >= 15 is 0 Å². The lowest BCUT2D eigenvalue weighted by Gasteiger charge is -2.31. The molecule has 0 spiro atoms. The van der Waals surface area contributed by atoms with Crippen molar-refractivity contribution in [3.05, 3.63) is 0 Å². The largest absolute Gasteiger partial charge is 0.356 e. The molecule has 0 aliphatic carbocycles. The fraction of sp³-hybridized carbons (Fsp3) is 0.917. The van der Waals surface area contributed by atoms with Crippen molar-refractivity contribution in [1.29, 1.82) is 0 Å². The van der Waals surface area contributed by atoms with Crippen LogP contribution in [0, 0.1) is 11.3 Å². The van der Waals surface area contributed by atoms with E-state index in [1.54, 1.807) is 0 Å². The van der Waals surface area contributed by atoms with Crippen LogP contribution < -0.4 is 10.6 Å². The lowest BCUT2D eigenvalue weighted by molar-refractivity contribution is -0.132. The van der Waals surface area contributed by atoms with Crippen molar-refractivity contribution in [2.24, 2.45) is 11.3 Å². The van der Waals surface area contributed by atoms with Gasteiger partial charge in [-0.3, -0.25) is 4.79 Å². The minimum absolute atomic E-state index is 0.167. The summed E-state index contributed by atoms with van der Waals surface area (Å²) in [6, 6.07) is 0. The number of rotatable bonds is 6. The Bertz CT molecular complexity index is 225. The maximum Gasteiger partial charge on any atom is 0.227 e. The second kappa shape index (κ2) is 6.50. The van der Waals surface area contributed by atoms with Gasteiger partial charge in [0, 0.05) is 13.1 Å². The first-order chi connectivity index (χ1) is 7.63. The fourth-order valence-electron chi connectivity index (χ4n) is 2.25. The predicted octanol–water partition coefficient (Wildman–Crippen LogP) is 1.49. The third kappa shape index (κ3) is 3.14. The van der Waals surface area contributed by atoms with Crippen molar-refractivity contribution < 1.29 is 4.79 Å². The van der Waals surface area contributed by atoms with E-state index in [0.29, 0.717) is 5.92 Å². The normalized spacial score (nSPS) is 25.0. The van der Waals surface area contributed by atoms with Crippen molar-refractivity contribution in [2.45, 2.75) is 26.7 Å². The smallest absolute Gasteiger partial charge is 0.227 e. The molecule has 1 saturated heterocycles. The molecular formula is C12H24N2OS. The van der Waals surface area contributed by atoms with E-state index in [9.17, 15) is 4.79 Å². The van der Waals surface area contributed by atoms with Gasteiger partial charge in [0.15, 0.2) is 0 Å². The summed E-state index contributed by atoms with van der Waals surface area (Å²) in [4.78, 5) is 12.2. The standard InChI is InChI=1S/C12H24N2OS/c1-10(2)12(5-7-13-9-12)11(15)14-6-4-8-16-3/h10,13H,4-9H2,1-3H3,(H,14,15). The van der Waals surface area contributed by atoms with Crippen LogP contribution in [0.2, 0.25) is 0 Å². The van der Waals surface area contributed by atoms with Crippen LogP contribution in [0.3, 0.4) is 0 Å². The molecule has 94 valence electrons. The van der Waals surface area contributed by atoms with Crippen LogP contribution in [0.15, 0.2) is 0 Å².